The van der Waals surface area contributed by atoms with Gasteiger partial charge in [-0.3, -0.25) is 30.2 Å². The molecule has 4 unspecified atom stereocenters. The maximum Gasteiger partial charge on any atom is 0.315 e. The summed E-state index contributed by atoms with van der Waals surface area (Å²) in [6.45, 7) is 0. The van der Waals surface area contributed by atoms with Crippen molar-refractivity contribution in [3.05, 3.63) is 0 Å². The van der Waals surface area contributed by atoms with Crippen molar-refractivity contribution in [2.45, 2.75) is 22.6 Å². The highest BCUT2D eigenvalue weighted by molar-refractivity contribution is 8.15. The summed E-state index contributed by atoms with van der Waals surface area (Å²) in [5.41, 5.74) is 0. The molecule has 4 aliphatic rings. The number of fused-ring (bicyclic) bond motifs is 2. The lowest BCUT2D eigenvalue weighted by molar-refractivity contribution is -0.137. The summed E-state index contributed by atoms with van der Waals surface area (Å²) in [4.78, 5) is 32.3. The quantitative estimate of drug-likeness (QED) is 0.403. The Hall–Kier alpha value is -1.12. The maximum absolute atomic E-state index is 12.0. The first-order chi connectivity index (χ1) is 12.1. The molecule has 2 saturated heterocycles. The van der Waals surface area contributed by atoms with E-state index in [4.69, 9.17) is 0 Å². The summed E-state index contributed by atoms with van der Waals surface area (Å²) in [5.74, 6) is -1.92. The predicted octanol–water partition coefficient (Wildman–Crippen LogP) is -2.24. The van der Waals surface area contributed by atoms with Crippen LogP contribution in [0.5, 0.6) is 0 Å². The zero-order chi connectivity index (χ0) is 18.7. The van der Waals surface area contributed by atoms with Gasteiger partial charge in [0.2, 0.25) is 0 Å². The molecule has 4 rings (SSSR count). The first-order valence-electron chi connectivity index (χ1n) is 7.62. The number of nitrogens with one attached hydrogen (secondary N) is 2. The van der Waals surface area contributed by atoms with Crippen molar-refractivity contribution in [3.63, 3.8) is 0 Å². The molecule has 4 aliphatic heterocycles. The highest BCUT2D eigenvalue weighted by Crippen LogP contribution is 2.34. The Labute approximate surface area is 157 Å². The molecular formula is C12H14N4O6S4. The van der Waals surface area contributed by atoms with Crippen LogP contribution in [0.15, 0.2) is 9.98 Å². The van der Waals surface area contributed by atoms with E-state index in [-0.39, 0.29) is 55.9 Å². The Balaban J connectivity index is 1.32. The van der Waals surface area contributed by atoms with Crippen LogP contribution in [-0.2, 0) is 29.3 Å². The summed E-state index contributed by atoms with van der Waals surface area (Å²) in [7, 11) is -6.17. The first kappa shape index (κ1) is 18.3. The van der Waals surface area contributed by atoms with Gasteiger partial charge in [-0.2, -0.15) is 0 Å². The fraction of sp³-hybridized carbons (Fsp3) is 0.667. The Kier molecular flexibility index (Phi) is 4.36. The Bertz CT molecular complexity index is 878. The zero-order valence-corrected chi connectivity index (χ0v) is 16.4. The molecule has 0 aromatic rings. The second-order valence-electron chi connectivity index (χ2n) is 6.38. The van der Waals surface area contributed by atoms with Gasteiger partial charge in [-0.25, -0.2) is 16.8 Å². The van der Waals surface area contributed by atoms with Gasteiger partial charge in [-0.05, 0) is 0 Å². The topological polar surface area (TPSA) is 151 Å². The molecule has 0 saturated carbocycles. The second-order valence-corrected chi connectivity index (χ2v) is 13.1. The van der Waals surface area contributed by atoms with Gasteiger partial charge >= 0.3 is 11.8 Å². The molecule has 0 aromatic carbocycles. The molecule has 14 heteroatoms. The number of amidine groups is 2. The fourth-order valence-corrected chi connectivity index (χ4v) is 10.4. The monoisotopic (exact) mass is 438 g/mol. The standard InChI is InChI=1S/C12H14N4O6S4/c17-9(15-11-13-5-1-25(19,20)3-7(5)23-11)10(18)16-12-14-6-2-26(21,22)4-8(6)24-12/h5-8H,1-4H2,(H,13,15,17)(H,14,16,18). The van der Waals surface area contributed by atoms with E-state index < -0.39 is 31.5 Å². The molecule has 4 atom stereocenters. The third-order valence-electron chi connectivity index (χ3n) is 4.28. The average molecular weight is 439 g/mol. The van der Waals surface area contributed by atoms with Crippen LogP contribution in [0.25, 0.3) is 0 Å². The number of hydrogen-bond donors (Lipinski definition) is 2. The van der Waals surface area contributed by atoms with Crippen LogP contribution in [0.3, 0.4) is 0 Å². The number of aliphatic imine (C=N–C) groups is 2. The maximum atomic E-state index is 12.0. The Morgan fingerprint density at radius 2 is 1.15 bits per heavy atom. The van der Waals surface area contributed by atoms with E-state index in [0.29, 0.717) is 0 Å². The van der Waals surface area contributed by atoms with E-state index in [1.165, 1.54) is 0 Å². The molecule has 0 bridgehead atoms. The number of nitrogens with zero attached hydrogens (tertiary/aromatic N) is 2. The first-order valence-corrected chi connectivity index (χ1v) is 13.0. The van der Waals surface area contributed by atoms with Crippen molar-refractivity contribution < 1.29 is 26.4 Å². The van der Waals surface area contributed by atoms with Gasteiger partial charge in [0.05, 0.1) is 35.1 Å². The highest BCUT2D eigenvalue weighted by Gasteiger charge is 2.44. The SMILES string of the molecule is O=C(NC1=NC2CS(=O)(=O)CC2S1)C(=O)NC1=NC2CS(=O)(=O)CC2S1. The van der Waals surface area contributed by atoms with Crippen LogP contribution in [0.2, 0.25) is 0 Å². The second kappa shape index (κ2) is 6.21. The molecule has 0 aliphatic carbocycles. The lowest BCUT2D eigenvalue weighted by Gasteiger charge is -2.07. The van der Waals surface area contributed by atoms with E-state index in [2.05, 4.69) is 20.6 Å². The molecule has 142 valence electrons. The lowest BCUT2D eigenvalue weighted by Crippen LogP contribution is -2.43. The van der Waals surface area contributed by atoms with Crippen molar-refractivity contribution in [2.24, 2.45) is 9.98 Å². The van der Waals surface area contributed by atoms with Crippen molar-refractivity contribution in [2.75, 3.05) is 23.0 Å². The van der Waals surface area contributed by atoms with Gasteiger partial charge in [0.1, 0.15) is 0 Å². The van der Waals surface area contributed by atoms with Gasteiger partial charge in [0, 0.05) is 10.5 Å². The molecule has 2 N–H and O–H groups in total. The number of sulfone groups is 2. The van der Waals surface area contributed by atoms with Crippen molar-refractivity contribution in [1.29, 1.82) is 0 Å². The molecular weight excluding hydrogens is 424 g/mol. The molecule has 4 heterocycles. The normalized spacial score (nSPS) is 36.0. The van der Waals surface area contributed by atoms with Crippen LogP contribution < -0.4 is 10.6 Å². The number of amides is 2. The van der Waals surface area contributed by atoms with Gasteiger partial charge in [-0.15, -0.1) is 0 Å². The van der Waals surface area contributed by atoms with Crippen LogP contribution in [0, 0.1) is 0 Å². The summed E-state index contributed by atoms with van der Waals surface area (Å²) < 4.78 is 46.0. The van der Waals surface area contributed by atoms with Crippen LogP contribution in [-0.4, -0.2) is 84.6 Å². The molecule has 0 aromatic heterocycles. The van der Waals surface area contributed by atoms with Crippen molar-refractivity contribution in [1.82, 2.24) is 10.6 Å². The van der Waals surface area contributed by atoms with E-state index in [0.717, 1.165) is 23.5 Å². The number of carbonyl (C=O) groups is 2. The smallest absolute Gasteiger partial charge is 0.297 e. The van der Waals surface area contributed by atoms with E-state index in [1.54, 1.807) is 0 Å². The van der Waals surface area contributed by atoms with Gasteiger partial charge in [0.25, 0.3) is 0 Å². The lowest BCUT2D eigenvalue weighted by atomic mass is 10.3. The van der Waals surface area contributed by atoms with Gasteiger partial charge in [-0.1, -0.05) is 23.5 Å². The van der Waals surface area contributed by atoms with Crippen molar-refractivity contribution in [3.8, 4) is 0 Å². The van der Waals surface area contributed by atoms with E-state index >= 15 is 0 Å². The minimum Gasteiger partial charge on any atom is -0.297 e. The average Bonchev–Trinajstić information content (AvgIpc) is 3.14. The van der Waals surface area contributed by atoms with E-state index in [9.17, 15) is 26.4 Å². The summed E-state index contributed by atoms with van der Waals surface area (Å²) >= 11 is 2.28. The van der Waals surface area contributed by atoms with Gasteiger partial charge < -0.3 is 0 Å². The van der Waals surface area contributed by atoms with Crippen LogP contribution >= 0.6 is 23.5 Å². The summed E-state index contributed by atoms with van der Waals surface area (Å²) in [5, 5.41) is 4.77. The molecule has 2 fully saturated rings. The Morgan fingerprint density at radius 3 is 1.50 bits per heavy atom. The molecule has 26 heavy (non-hydrogen) atoms. The third kappa shape index (κ3) is 3.64. The number of thioether (sulfide) groups is 2. The molecule has 0 radical (unpaired) electrons. The number of rotatable bonds is 0. The predicted molar refractivity (Wildman–Crippen MR) is 98.8 cm³/mol. The van der Waals surface area contributed by atoms with Crippen LogP contribution in [0.1, 0.15) is 0 Å². The molecule has 10 nitrogen and oxygen atoms in total. The Morgan fingerprint density at radius 1 is 0.769 bits per heavy atom. The number of hydrogen-bond acceptors (Lipinski definition) is 10. The summed E-state index contributed by atoms with van der Waals surface area (Å²) in [6, 6.07) is -0.779. The zero-order valence-electron chi connectivity index (χ0n) is 13.1. The number of carbonyl (C=O) groups excluding carboxylic acids is 2. The minimum absolute atomic E-state index is 0.0104. The van der Waals surface area contributed by atoms with E-state index in [1.807, 2.05) is 0 Å². The third-order valence-corrected chi connectivity index (χ3v) is 10.6. The van der Waals surface area contributed by atoms with Crippen molar-refractivity contribution >= 4 is 65.3 Å². The summed E-state index contributed by atoms with van der Waals surface area (Å²) in [6.07, 6.45) is 0. The fourth-order valence-electron chi connectivity index (χ4n) is 3.14. The minimum atomic E-state index is -3.09. The molecule has 2 amide bonds. The van der Waals surface area contributed by atoms with Crippen LogP contribution in [0.4, 0.5) is 0 Å². The molecule has 0 spiro atoms. The highest BCUT2D eigenvalue weighted by atomic mass is 32.2. The largest absolute Gasteiger partial charge is 0.315 e. The van der Waals surface area contributed by atoms with Gasteiger partial charge in [0.15, 0.2) is 30.0 Å².